The van der Waals surface area contributed by atoms with E-state index < -0.39 is 0 Å². The number of hydrogen-bond acceptors (Lipinski definition) is 2. The highest BCUT2D eigenvalue weighted by molar-refractivity contribution is 5.76. The van der Waals surface area contributed by atoms with Crippen LogP contribution in [0.1, 0.15) is 26.2 Å². The van der Waals surface area contributed by atoms with Gasteiger partial charge in [-0.2, -0.15) is 0 Å². The fourth-order valence-corrected chi connectivity index (χ4v) is 1.61. The van der Waals surface area contributed by atoms with E-state index in [0.717, 1.165) is 25.1 Å². The molecule has 0 aromatic heterocycles. The molecule has 1 rings (SSSR count). The molecule has 0 spiro atoms. The molecule has 0 saturated carbocycles. The van der Waals surface area contributed by atoms with Gasteiger partial charge in [-0.05, 0) is 19.3 Å². The van der Waals surface area contributed by atoms with Crippen LogP contribution in [0.15, 0.2) is 12.3 Å². The molecule has 0 bridgehead atoms. The number of nitrogens with one attached hydrogen (secondary N) is 1. The van der Waals surface area contributed by atoms with Crippen LogP contribution in [0.3, 0.4) is 0 Å². The van der Waals surface area contributed by atoms with Crippen molar-refractivity contribution < 1.29 is 9.53 Å². The Labute approximate surface area is 79.2 Å². The van der Waals surface area contributed by atoms with E-state index in [9.17, 15) is 4.79 Å². The Kier molecular flexibility index (Phi) is 3.80. The SMILES string of the molecule is C=C(CC1CCNC(=O)C1)OCC. The van der Waals surface area contributed by atoms with Gasteiger partial charge in [-0.15, -0.1) is 0 Å². The average molecular weight is 183 g/mol. The molecule has 1 heterocycles. The summed E-state index contributed by atoms with van der Waals surface area (Å²) >= 11 is 0. The first-order valence-corrected chi connectivity index (χ1v) is 4.79. The van der Waals surface area contributed by atoms with Gasteiger partial charge in [0.05, 0.1) is 12.4 Å². The van der Waals surface area contributed by atoms with Gasteiger partial charge in [0.15, 0.2) is 0 Å². The summed E-state index contributed by atoms with van der Waals surface area (Å²) in [6.07, 6.45) is 2.48. The third-order valence-corrected chi connectivity index (χ3v) is 2.21. The van der Waals surface area contributed by atoms with Crippen LogP contribution in [0.25, 0.3) is 0 Å². The van der Waals surface area contributed by atoms with Crippen molar-refractivity contribution in [3.05, 3.63) is 12.3 Å². The lowest BCUT2D eigenvalue weighted by Gasteiger charge is -2.22. The molecule has 74 valence electrons. The minimum atomic E-state index is 0.153. The molecule has 1 saturated heterocycles. The summed E-state index contributed by atoms with van der Waals surface area (Å²) in [7, 11) is 0. The van der Waals surface area contributed by atoms with Crippen molar-refractivity contribution in [3.8, 4) is 0 Å². The molecule has 1 unspecified atom stereocenters. The summed E-state index contributed by atoms with van der Waals surface area (Å²) < 4.78 is 5.25. The number of ether oxygens (including phenoxy) is 1. The van der Waals surface area contributed by atoms with Gasteiger partial charge < -0.3 is 10.1 Å². The number of carbonyl (C=O) groups is 1. The van der Waals surface area contributed by atoms with Gasteiger partial charge in [-0.3, -0.25) is 4.79 Å². The first kappa shape index (κ1) is 10.1. The predicted molar refractivity (Wildman–Crippen MR) is 51.1 cm³/mol. The van der Waals surface area contributed by atoms with Gasteiger partial charge >= 0.3 is 0 Å². The zero-order valence-corrected chi connectivity index (χ0v) is 8.14. The van der Waals surface area contributed by atoms with Gasteiger partial charge in [-0.1, -0.05) is 6.58 Å². The Hall–Kier alpha value is -0.990. The van der Waals surface area contributed by atoms with Crippen molar-refractivity contribution >= 4 is 5.91 Å². The van der Waals surface area contributed by atoms with E-state index in [1.807, 2.05) is 6.92 Å². The molecular formula is C10H17NO2. The van der Waals surface area contributed by atoms with Gasteiger partial charge in [0, 0.05) is 19.4 Å². The van der Waals surface area contributed by atoms with Crippen LogP contribution in [0.2, 0.25) is 0 Å². The van der Waals surface area contributed by atoms with Crippen LogP contribution in [-0.4, -0.2) is 19.1 Å². The highest BCUT2D eigenvalue weighted by atomic mass is 16.5. The Bertz CT molecular complexity index is 201. The smallest absolute Gasteiger partial charge is 0.220 e. The number of allylic oxidation sites excluding steroid dienone is 1. The lowest BCUT2D eigenvalue weighted by atomic mass is 9.93. The molecule has 1 aliphatic rings. The first-order valence-electron chi connectivity index (χ1n) is 4.79. The van der Waals surface area contributed by atoms with E-state index in [1.165, 1.54) is 0 Å². The van der Waals surface area contributed by atoms with E-state index in [0.29, 0.717) is 18.9 Å². The highest BCUT2D eigenvalue weighted by Crippen LogP contribution is 2.20. The van der Waals surface area contributed by atoms with Crippen molar-refractivity contribution in [2.75, 3.05) is 13.2 Å². The minimum absolute atomic E-state index is 0.153. The summed E-state index contributed by atoms with van der Waals surface area (Å²) in [5.41, 5.74) is 0. The normalized spacial score (nSPS) is 22.2. The topological polar surface area (TPSA) is 38.3 Å². The van der Waals surface area contributed by atoms with Crippen molar-refractivity contribution in [1.82, 2.24) is 5.32 Å². The number of carbonyl (C=O) groups excluding carboxylic acids is 1. The maximum Gasteiger partial charge on any atom is 0.220 e. The zero-order valence-electron chi connectivity index (χ0n) is 8.14. The van der Waals surface area contributed by atoms with Crippen LogP contribution in [0.5, 0.6) is 0 Å². The second-order valence-corrected chi connectivity index (χ2v) is 3.38. The lowest BCUT2D eigenvalue weighted by Crippen LogP contribution is -2.33. The molecule has 3 heteroatoms. The fraction of sp³-hybridized carbons (Fsp3) is 0.700. The lowest BCUT2D eigenvalue weighted by molar-refractivity contribution is -0.123. The Morgan fingerprint density at radius 3 is 3.15 bits per heavy atom. The molecule has 1 amide bonds. The largest absolute Gasteiger partial charge is 0.499 e. The monoisotopic (exact) mass is 183 g/mol. The Balaban J connectivity index is 2.27. The van der Waals surface area contributed by atoms with Crippen molar-refractivity contribution in [2.45, 2.75) is 26.2 Å². The summed E-state index contributed by atoms with van der Waals surface area (Å²) in [6, 6.07) is 0. The Morgan fingerprint density at radius 1 is 1.77 bits per heavy atom. The third kappa shape index (κ3) is 3.49. The minimum Gasteiger partial charge on any atom is -0.499 e. The molecule has 1 aliphatic heterocycles. The Morgan fingerprint density at radius 2 is 2.54 bits per heavy atom. The van der Waals surface area contributed by atoms with Gasteiger partial charge in [-0.25, -0.2) is 0 Å². The number of piperidine rings is 1. The van der Waals surface area contributed by atoms with Crippen molar-refractivity contribution in [3.63, 3.8) is 0 Å². The van der Waals surface area contributed by atoms with Crippen molar-refractivity contribution in [1.29, 1.82) is 0 Å². The maximum atomic E-state index is 11.0. The third-order valence-electron chi connectivity index (χ3n) is 2.21. The molecule has 13 heavy (non-hydrogen) atoms. The molecule has 0 aliphatic carbocycles. The molecule has 1 fully saturated rings. The van der Waals surface area contributed by atoms with Gasteiger partial charge in [0.25, 0.3) is 0 Å². The van der Waals surface area contributed by atoms with Crippen LogP contribution in [-0.2, 0) is 9.53 Å². The van der Waals surface area contributed by atoms with E-state index in [2.05, 4.69) is 11.9 Å². The van der Waals surface area contributed by atoms with Crippen molar-refractivity contribution in [2.24, 2.45) is 5.92 Å². The summed E-state index contributed by atoms with van der Waals surface area (Å²) in [6.45, 7) is 7.21. The first-order chi connectivity index (χ1) is 6.22. The quantitative estimate of drug-likeness (QED) is 0.670. The van der Waals surface area contributed by atoms with Crippen LogP contribution in [0.4, 0.5) is 0 Å². The fourth-order valence-electron chi connectivity index (χ4n) is 1.61. The highest BCUT2D eigenvalue weighted by Gasteiger charge is 2.19. The van der Waals surface area contributed by atoms with E-state index >= 15 is 0 Å². The van der Waals surface area contributed by atoms with Gasteiger partial charge in [0.1, 0.15) is 0 Å². The van der Waals surface area contributed by atoms with Crippen LogP contribution < -0.4 is 5.32 Å². The molecular weight excluding hydrogens is 166 g/mol. The summed E-state index contributed by atoms with van der Waals surface area (Å²) in [4.78, 5) is 11.0. The van der Waals surface area contributed by atoms with E-state index in [-0.39, 0.29) is 5.91 Å². The van der Waals surface area contributed by atoms with E-state index in [4.69, 9.17) is 4.74 Å². The average Bonchev–Trinajstić information content (AvgIpc) is 2.04. The second kappa shape index (κ2) is 4.90. The molecule has 1 N–H and O–H groups in total. The van der Waals surface area contributed by atoms with E-state index in [1.54, 1.807) is 0 Å². The molecule has 3 nitrogen and oxygen atoms in total. The predicted octanol–water partition coefficient (Wildman–Crippen LogP) is 1.45. The molecule has 0 aromatic rings. The van der Waals surface area contributed by atoms with Gasteiger partial charge in [0.2, 0.25) is 5.91 Å². The second-order valence-electron chi connectivity index (χ2n) is 3.38. The molecule has 0 radical (unpaired) electrons. The summed E-state index contributed by atoms with van der Waals surface area (Å²) in [5, 5.41) is 2.81. The zero-order chi connectivity index (χ0) is 9.68. The number of amides is 1. The number of hydrogen-bond donors (Lipinski definition) is 1. The molecule has 1 atom stereocenters. The summed E-state index contributed by atoms with van der Waals surface area (Å²) in [5.74, 6) is 1.38. The number of rotatable bonds is 4. The maximum absolute atomic E-state index is 11.0. The molecule has 0 aromatic carbocycles. The van der Waals surface area contributed by atoms with Crippen LogP contribution >= 0.6 is 0 Å². The van der Waals surface area contributed by atoms with Crippen LogP contribution in [0, 0.1) is 5.92 Å². The standard InChI is InChI=1S/C10H17NO2/c1-3-13-8(2)6-9-4-5-11-10(12)7-9/h9H,2-7H2,1H3,(H,11,12).